The maximum atomic E-state index is 5.53. The average molecular weight is 811 g/mol. The molecule has 0 saturated heterocycles. The Morgan fingerprint density at radius 2 is 0.871 bits per heavy atom. The fourth-order valence-electron chi connectivity index (χ4n) is 8.53. The zero-order chi connectivity index (χ0) is 41.0. The fraction of sp³-hybridized carbons (Fsp3) is 0. The highest BCUT2D eigenvalue weighted by atomic mass is 32.1. The molecule has 0 amide bonds. The van der Waals surface area contributed by atoms with Crippen LogP contribution in [0.4, 0.5) is 0 Å². The molecule has 4 aromatic heterocycles. The van der Waals surface area contributed by atoms with Gasteiger partial charge in [0.25, 0.3) is 0 Å². The molecule has 6 nitrogen and oxygen atoms in total. The summed E-state index contributed by atoms with van der Waals surface area (Å²) in [6, 6.07) is 71.6. The molecule has 0 spiro atoms. The number of thiophene rings is 1. The minimum atomic E-state index is 0.560. The lowest BCUT2D eigenvalue weighted by molar-refractivity contribution is 1.07. The lowest BCUT2D eigenvalue weighted by Gasteiger charge is -2.16. The molecule has 0 N–H and O–H groups in total. The maximum absolute atomic E-state index is 5.53. The van der Waals surface area contributed by atoms with Gasteiger partial charge in [0.15, 0.2) is 23.3 Å². The summed E-state index contributed by atoms with van der Waals surface area (Å²) in [6.07, 6.45) is 0. The third-order valence-electron chi connectivity index (χ3n) is 11.5. The van der Waals surface area contributed by atoms with E-state index in [9.17, 15) is 0 Å². The first-order valence-electron chi connectivity index (χ1n) is 20.6. The van der Waals surface area contributed by atoms with Crippen molar-refractivity contribution >= 4 is 53.4 Å². The van der Waals surface area contributed by atoms with E-state index in [1.807, 2.05) is 66.7 Å². The van der Waals surface area contributed by atoms with Crippen LogP contribution < -0.4 is 0 Å². The van der Waals surface area contributed by atoms with Gasteiger partial charge in [-0.1, -0.05) is 170 Å². The van der Waals surface area contributed by atoms with Crippen LogP contribution in [-0.2, 0) is 0 Å². The summed E-state index contributed by atoms with van der Waals surface area (Å²) in [7, 11) is 0. The summed E-state index contributed by atoms with van der Waals surface area (Å²) < 4.78 is 4.60. The highest BCUT2D eigenvalue weighted by Crippen LogP contribution is 2.43. The Labute approximate surface area is 361 Å². The molecular weight excluding hydrogens is 777 g/mol. The number of benzene rings is 8. The first-order valence-corrected chi connectivity index (χ1v) is 21.4. The Hall–Kier alpha value is -8.13. The molecule has 12 rings (SSSR count). The lowest BCUT2D eigenvalue weighted by Crippen LogP contribution is -2.03. The fourth-order valence-corrected chi connectivity index (χ4v) is 9.68. The third-order valence-corrected chi connectivity index (χ3v) is 12.7. The summed E-state index contributed by atoms with van der Waals surface area (Å²) in [5.41, 5.74) is 11.8. The second-order valence-corrected chi connectivity index (χ2v) is 16.3. The van der Waals surface area contributed by atoms with E-state index in [4.69, 9.17) is 24.9 Å². The minimum Gasteiger partial charge on any atom is -0.308 e. The molecular formula is C55H34N6S. The van der Waals surface area contributed by atoms with E-state index in [2.05, 4.69) is 144 Å². The number of hydrogen-bond donors (Lipinski definition) is 0. The van der Waals surface area contributed by atoms with Gasteiger partial charge in [-0.3, -0.25) is 0 Å². The van der Waals surface area contributed by atoms with Crippen molar-refractivity contribution in [1.82, 2.24) is 29.5 Å². The van der Waals surface area contributed by atoms with Crippen molar-refractivity contribution in [3.63, 3.8) is 0 Å². The van der Waals surface area contributed by atoms with E-state index < -0.39 is 0 Å². The van der Waals surface area contributed by atoms with Gasteiger partial charge >= 0.3 is 0 Å². The Morgan fingerprint density at radius 3 is 1.55 bits per heavy atom. The van der Waals surface area contributed by atoms with Crippen molar-refractivity contribution in [2.75, 3.05) is 0 Å². The molecule has 0 saturated carbocycles. The van der Waals surface area contributed by atoms with Gasteiger partial charge in [-0.15, -0.1) is 11.3 Å². The summed E-state index contributed by atoms with van der Waals surface area (Å²) in [4.78, 5) is 26.3. The summed E-state index contributed by atoms with van der Waals surface area (Å²) in [5, 5.41) is 3.44. The molecule has 8 aromatic carbocycles. The van der Waals surface area contributed by atoms with Gasteiger partial charge in [0, 0.05) is 48.7 Å². The van der Waals surface area contributed by atoms with Gasteiger partial charge < -0.3 is 4.57 Å². The first kappa shape index (κ1) is 35.8. The second kappa shape index (κ2) is 14.9. The zero-order valence-electron chi connectivity index (χ0n) is 33.2. The van der Waals surface area contributed by atoms with E-state index in [0.717, 1.165) is 82.3 Å². The summed E-state index contributed by atoms with van der Waals surface area (Å²) in [6.45, 7) is 0. The van der Waals surface area contributed by atoms with Crippen LogP contribution in [0.1, 0.15) is 0 Å². The van der Waals surface area contributed by atoms with Crippen LogP contribution in [0.15, 0.2) is 206 Å². The predicted molar refractivity (Wildman–Crippen MR) is 255 cm³/mol. The van der Waals surface area contributed by atoms with Crippen LogP contribution in [-0.4, -0.2) is 29.5 Å². The molecule has 0 aliphatic rings. The quantitative estimate of drug-likeness (QED) is 0.160. The van der Waals surface area contributed by atoms with Crippen molar-refractivity contribution in [1.29, 1.82) is 0 Å². The van der Waals surface area contributed by atoms with Crippen LogP contribution >= 0.6 is 11.3 Å². The predicted octanol–water partition coefficient (Wildman–Crippen LogP) is 14.1. The van der Waals surface area contributed by atoms with E-state index in [-0.39, 0.29) is 0 Å². The van der Waals surface area contributed by atoms with Gasteiger partial charge in [-0.05, 0) is 47.5 Å². The van der Waals surface area contributed by atoms with Crippen LogP contribution in [0.3, 0.4) is 0 Å². The molecule has 4 heterocycles. The second-order valence-electron chi connectivity index (χ2n) is 15.3. The van der Waals surface area contributed by atoms with Crippen LogP contribution in [0.25, 0.3) is 116 Å². The standard InChI is InChI=1S/C55H34N6S/c1-5-17-35(18-6-1)39-29-31-42-41-25-13-15-27-45(41)61(47(42)34-39)46-32-30-40(54-59-52(37-21-9-3-10-22-37)58-53(60-54)38-23-11-4-12-24-38)33-44(46)55-56-49(36-19-7-2-8-20-36)51-50(57-55)43-26-14-16-28-48(43)62-51/h1-34H. The molecule has 0 unspecified atom stereocenters. The van der Waals surface area contributed by atoms with E-state index in [1.54, 1.807) is 11.3 Å². The molecule has 0 atom stereocenters. The van der Waals surface area contributed by atoms with Crippen LogP contribution in [0.2, 0.25) is 0 Å². The van der Waals surface area contributed by atoms with Gasteiger partial charge in [0.05, 0.1) is 32.6 Å². The third kappa shape index (κ3) is 6.14. The molecule has 62 heavy (non-hydrogen) atoms. The van der Waals surface area contributed by atoms with Gasteiger partial charge in [-0.25, -0.2) is 24.9 Å². The van der Waals surface area contributed by atoms with Gasteiger partial charge in [-0.2, -0.15) is 0 Å². The van der Waals surface area contributed by atoms with Crippen molar-refractivity contribution in [3.05, 3.63) is 206 Å². The molecule has 0 aliphatic carbocycles. The monoisotopic (exact) mass is 810 g/mol. The number of rotatable bonds is 7. The molecule has 0 aliphatic heterocycles. The van der Waals surface area contributed by atoms with Crippen LogP contribution in [0.5, 0.6) is 0 Å². The Balaban J connectivity index is 1.17. The first-order chi connectivity index (χ1) is 30.7. The zero-order valence-corrected chi connectivity index (χ0v) is 34.0. The lowest BCUT2D eigenvalue weighted by atomic mass is 10.0. The summed E-state index contributed by atoms with van der Waals surface area (Å²) in [5.74, 6) is 2.38. The number of para-hydroxylation sites is 1. The minimum absolute atomic E-state index is 0.560. The SMILES string of the molecule is c1ccc(-c2ccc3c4ccccc4n(-c4ccc(-c5nc(-c6ccccc6)nc(-c6ccccc6)n5)cc4-c4nc(-c5ccccc5)c5sc6ccccc6c5n4)c3c2)cc1. The van der Waals surface area contributed by atoms with E-state index >= 15 is 0 Å². The number of hydrogen-bond acceptors (Lipinski definition) is 6. The van der Waals surface area contributed by atoms with Crippen molar-refractivity contribution < 1.29 is 0 Å². The molecule has 0 radical (unpaired) electrons. The topological polar surface area (TPSA) is 69.4 Å². The molecule has 12 aromatic rings. The van der Waals surface area contributed by atoms with Crippen LogP contribution in [0, 0.1) is 0 Å². The average Bonchev–Trinajstić information content (AvgIpc) is 3.90. The Bertz CT molecular complexity index is 3560. The number of fused-ring (bicyclic) bond motifs is 6. The highest BCUT2D eigenvalue weighted by Gasteiger charge is 2.23. The molecule has 7 heteroatoms. The van der Waals surface area contributed by atoms with Crippen molar-refractivity contribution in [2.24, 2.45) is 0 Å². The van der Waals surface area contributed by atoms with E-state index in [0.29, 0.717) is 23.3 Å². The van der Waals surface area contributed by atoms with E-state index in [1.165, 1.54) is 10.1 Å². The number of aromatic nitrogens is 6. The van der Waals surface area contributed by atoms with Gasteiger partial charge in [0.2, 0.25) is 0 Å². The van der Waals surface area contributed by atoms with Gasteiger partial charge in [0.1, 0.15) is 0 Å². The smallest absolute Gasteiger partial charge is 0.164 e. The number of nitrogens with zero attached hydrogens (tertiary/aromatic N) is 6. The summed E-state index contributed by atoms with van der Waals surface area (Å²) >= 11 is 1.73. The molecule has 290 valence electrons. The van der Waals surface area contributed by atoms with Crippen molar-refractivity contribution in [2.45, 2.75) is 0 Å². The Morgan fingerprint density at radius 1 is 0.339 bits per heavy atom. The highest BCUT2D eigenvalue weighted by molar-refractivity contribution is 7.26. The Kier molecular flexibility index (Phi) is 8.57. The normalized spacial score (nSPS) is 11.5. The maximum Gasteiger partial charge on any atom is 0.164 e. The molecule has 0 bridgehead atoms. The largest absolute Gasteiger partial charge is 0.308 e. The van der Waals surface area contributed by atoms with Crippen molar-refractivity contribution in [3.8, 4) is 73.6 Å². The molecule has 0 fully saturated rings.